The second kappa shape index (κ2) is 6.74. The molecule has 1 fully saturated rings. The lowest BCUT2D eigenvalue weighted by molar-refractivity contribution is 0.120. The van der Waals surface area contributed by atoms with E-state index >= 15 is 0 Å². The normalized spacial score (nSPS) is 23.9. The maximum absolute atomic E-state index is 6.17. The second-order valence-electron chi connectivity index (χ2n) is 5.19. The molecule has 1 N–H and O–H groups in total. The van der Waals surface area contributed by atoms with Gasteiger partial charge in [-0.3, -0.25) is 4.98 Å². The molecule has 1 aliphatic carbocycles. The van der Waals surface area contributed by atoms with Crippen molar-refractivity contribution in [1.82, 2.24) is 10.3 Å². The second-order valence-corrected chi connectivity index (χ2v) is 5.19. The van der Waals surface area contributed by atoms with Gasteiger partial charge < -0.3 is 10.1 Å². The number of pyridine rings is 1. The van der Waals surface area contributed by atoms with Gasteiger partial charge in [0.05, 0.1) is 12.3 Å². The van der Waals surface area contributed by atoms with Crippen molar-refractivity contribution in [1.29, 1.82) is 0 Å². The third-order valence-electron chi connectivity index (χ3n) is 3.84. The van der Waals surface area contributed by atoms with Crippen LogP contribution in [0, 0.1) is 5.92 Å². The molecular formula is C15H24N2O. The molecule has 0 aromatic carbocycles. The van der Waals surface area contributed by atoms with Gasteiger partial charge in [-0.05, 0) is 38.3 Å². The van der Waals surface area contributed by atoms with Crippen LogP contribution in [0.25, 0.3) is 0 Å². The van der Waals surface area contributed by atoms with Gasteiger partial charge in [0.25, 0.3) is 0 Å². The summed E-state index contributed by atoms with van der Waals surface area (Å²) in [7, 11) is 1.96. The van der Waals surface area contributed by atoms with E-state index in [-0.39, 0.29) is 0 Å². The predicted octanol–water partition coefficient (Wildman–Crippen LogP) is 3.15. The van der Waals surface area contributed by atoms with Gasteiger partial charge in [0, 0.05) is 18.3 Å². The van der Waals surface area contributed by atoms with Crippen LogP contribution >= 0.6 is 0 Å². The van der Waals surface area contributed by atoms with E-state index in [1.54, 1.807) is 0 Å². The Morgan fingerprint density at radius 3 is 3.11 bits per heavy atom. The number of ether oxygens (including phenoxy) is 1. The topological polar surface area (TPSA) is 34.1 Å². The number of hydrogen-bond donors (Lipinski definition) is 1. The van der Waals surface area contributed by atoms with Gasteiger partial charge in [0.1, 0.15) is 5.75 Å². The average Bonchev–Trinajstić information content (AvgIpc) is 2.41. The Bertz CT molecular complexity index is 367. The van der Waals surface area contributed by atoms with Crippen molar-refractivity contribution in [2.75, 3.05) is 7.05 Å². The maximum Gasteiger partial charge on any atom is 0.142 e. The third-order valence-corrected chi connectivity index (χ3v) is 3.84. The van der Waals surface area contributed by atoms with Crippen LogP contribution in [0.2, 0.25) is 0 Å². The first kappa shape index (κ1) is 13.3. The zero-order chi connectivity index (χ0) is 12.8. The minimum Gasteiger partial charge on any atom is -0.488 e. The molecule has 1 aromatic rings. The van der Waals surface area contributed by atoms with Crippen molar-refractivity contribution in [2.45, 2.75) is 51.7 Å². The van der Waals surface area contributed by atoms with Crippen molar-refractivity contribution < 1.29 is 4.74 Å². The highest BCUT2D eigenvalue weighted by molar-refractivity contribution is 5.29. The number of aromatic nitrogens is 1. The van der Waals surface area contributed by atoms with Crippen molar-refractivity contribution in [3.8, 4) is 5.75 Å². The zero-order valence-electron chi connectivity index (χ0n) is 11.5. The minimum absolute atomic E-state index is 0.378. The van der Waals surface area contributed by atoms with Gasteiger partial charge in [-0.25, -0.2) is 0 Å². The predicted molar refractivity (Wildman–Crippen MR) is 73.7 cm³/mol. The Morgan fingerprint density at radius 2 is 2.33 bits per heavy atom. The molecule has 0 radical (unpaired) electrons. The molecule has 0 aliphatic heterocycles. The summed E-state index contributed by atoms with van der Waals surface area (Å²) in [5, 5.41) is 3.17. The standard InChI is InChI=1S/C15H24N2O/c1-3-12-5-4-6-14(9-12)18-15-11-17-8-7-13(15)10-16-2/h7-8,11-12,14,16H,3-6,9-10H2,1-2H3. The van der Waals surface area contributed by atoms with Crippen LogP contribution in [0.15, 0.2) is 18.5 Å². The molecule has 18 heavy (non-hydrogen) atoms. The SMILES string of the molecule is CCC1CCCC(Oc2cnccc2CNC)C1. The molecule has 100 valence electrons. The zero-order valence-corrected chi connectivity index (χ0v) is 11.5. The van der Waals surface area contributed by atoms with Crippen LogP contribution in [0.3, 0.4) is 0 Å². The van der Waals surface area contributed by atoms with Gasteiger partial charge in [0.15, 0.2) is 0 Å². The minimum atomic E-state index is 0.378. The van der Waals surface area contributed by atoms with Crippen molar-refractivity contribution in [3.63, 3.8) is 0 Å². The fourth-order valence-corrected chi connectivity index (χ4v) is 2.75. The largest absolute Gasteiger partial charge is 0.488 e. The van der Waals surface area contributed by atoms with Gasteiger partial charge in [0.2, 0.25) is 0 Å². The van der Waals surface area contributed by atoms with Gasteiger partial charge in [-0.2, -0.15) is 0 Å². The first-order valence-corrected chi connectivity index (χ1v) is 7.07. The first-order chi connectivity index (χ1) is 8.83. The molecule has 0 spiro atoms. The van der Waals surface area contributed by atoms with E-state index < -0.39 is 0 Å². The Labute approximate surface area is 110 Å². The molecule has 1 heterocycles. The fraction of sp³-hybridized carbons (Fsp3) is 0.667. The lowest BCUT2D eigenvalue weighted by Gasteiger charge is -2.29. The molecular weight excluding hydrogens is 224 g/mol. The molecule has 0 saturated heterocycles. The Kier molecular flexibility index (Phi) is 5.00. The maximum atomic E-state index is 6.17. The molecule has 0 bridgehead atoms. The van der Waals surface area contributed by atoms with Gasteiger partial charge in [-0.1, -0.05) is 19.8 Å². The molecule has 2 rings (SSSR count). The molecule has 1 aromatic heterocycles. The summed E-state index contributed by atoms with van der Waals surface area (Å²) in [6, 6.07) is 2.03. The molecule has 1 aliphatic rings. The molecule has 1 saturated carbocycles. The lowest BCUT2D eigenvalue weighted by Crippen LogP contribution is -2.25. The average molecular weight is 248 g/mol. The van der Waals surface area contributed by atoms with Crippen LogP contribution in [0.4, 0.5) is 0 Å². The third kappa shape index (κ3) is 3.45. The molecule has 2 unspecified atom stereocenters. The summed E-state index contributed by atoms with van der Waals surface area (Å²) in [5.41, 5.74) is 1.20. The number of nitrogens with one attached hydrogen (secondary N) is 1. The van der Waals surface area contributed by atoms with Crippen LogP contribution < -0.4 is 10.1 Å². The monoisotopic (exact) mass is 248 g/mol. The summed E-state index contributed by atoms with van der Waals surface area (Å²) in [6.07, 6.45) is 10.4. The van der Waals surface area contributed by atoms with E-state index in [4.69, 9.17) is 4.74 Å². The highest BCUT2D eigenvalue weighted by Gasteiger charge is 2.22. The number of hydrogen-bond acceptors (Lipinski definition) is 3. The van der Waals surface area contributed by atoms with Gasteiger partial charge in [-0.15, -0.1) is 0 Å². The van der Waals surface area contributed by atoms with E-state index in [9.17, 15) is 0 Å². The summed E-state index contributed by atoms with van der Waals surface area (Å²) in [6.45, 7) is 3.12. The molecule has 0 amide bonds. The lowest BCUT2D eigenvalue weighted by atomic mass is 9.85. The van der Waals surface area contributed by atoms with Crippen LogP contribution in [0.5, 0.6) is 5.75 Å². The summed E-state index contributed by atoms with van der Waals surface area (Å²) < 4.78 is 6.17. The smallest absolute Gasteiger partial charge is 0.142 e. The number of rotatable bonds is 5. The van der Waals surface area contributed by atoms with Gasteiger partial charge >= 0.3 is 0 Å². The van der Waals surface area contributed by atoms with Crippen molar-refractivity contribution in [2.24, 2.45) is 5.92 Å². The highest BCUT2D eigenvalue weighted by Crippen LogP contribution is 2.30. The van der Waals surface area contributed by atoms with E-state index in [0.717, 1.165) is 18.2 Å². The Hall–Kier alpha value is -1.09. The van der Waals surface area contributed by atoms with E-state index in [1.165, 1.54) is 37.7 Å². The summed E-state index contributed by atoms with van der Waals surface area (Å²) in [4.78, 5) is 4.18. The van der Waals surface area contributed by atoms with Crippen LogP contribution in [-0.4, -0.2) is 18.1 Å². The summed E-state index contributed by atoms with van der Waals surface area (Å²) in [5.74, 6) is 1.79. The van der Waals surface area contributed by atoms with Crippen molar-refractivity contribution in [3.05, 3.63) is 24.0 Å². The van der Waals surface area contributed by atoms with Crippen LogP contribution in [0.1, 0.15) is 44.6 Å². The highest BCUT2D eigenvalue weighted by atomic mass is 16.5. The summed E-state index contributed by atoms with van der Waals surface area (Å²) >= 11 is 0. The van der Waals surface area contributed by atoms with Crippen molar-refractivity contribution >= 4 is 0 Å². The number of nitrogens with zero attached hydrogens (tertiary/aromatic N) is 1. The first-order valence-electron chi connectivity index (χ1n) is 7.07. The molecule has 2 atom stereocenters. The molecule has 3 heteroatoms. The Morgan fingerprint density at radius 1 is 1.44 bits per heavy atom. The van der Waals surface area contributed by atoms with E-state index in [2.05, 4.69) is 17.2 Å². The van der Waals surface area contributed by atoms with Crippen LogP contribution in [-0.2, 0) is 6.54 Å². The quantitative estimate of drug-likeness (QED) is 0.869. The van der Waals surface area contributed by atoms with E-state index in [1.807, 2.05) is 25.5 Å². The molecule has 3 nitrogen and oxygen atoms in total. The Balaban J connectivity index is 1.99. The fourth-order valence-electron chi connectivity index (χ4n) is 2.75. The van der Waals surface area contributed by atoms with E-state index in [0.29, 0.717) is 6.10 Å².